The maximum atomic E-state index is 9.60. The molecule has 0 saturated carbocycles. The molecule has 0 fully saturated rings. The van der Waals surface area contributed by atoms with Gasteiger partial charge in [0, 0.05) is 5.69 Å². The summed E-state index contributed by atoms with van der Waals surface area (Å²) in [7, 11) is 0. The van der Waals surface area contributed by atoms with Crippen molar-refractivity contribution in [2.24, 2.45) is 0 Å². The third-order valence-electron chi connectivity index (χ3n) is 2.76. The van der Waals surface area contributed by atoms with E-state index in [0.717, 1.165) is 27.9 Å². The first-order chi connectivity index (χ1) is 7.58. The molecule has 3 N–H and O–H groups in total. The summed E-state index contributed by atoms with van der Waals surface area (Å²) in [6.07, 6.45) is 0. The molecule has 0 aliphatic rings. The number of nitrogens with two attached hydrogens (primary N) is 1. The van der Waals surface area contributed by atoms with Crippen molar-refractivity contribution >= 4 is 5.69 Å². The fraction of sp³-hybridized carbons (Fsp3) is 0.143. The fourth-order valence-electron chi connectivity index (χ4n) is 1.77. The molecule has 0 aromatic heterocycles. The van der Waals surface area contributed by atoms with Gasteiger partial charge in [-0.15, -0.1) is 0 Å². The molecule has 0 radical (unpaired) electrons. The molecule has 0 bridgehead atoms. The van der Waals surface area contributed by atoms with Crippen LogP contribution in [0, 0.1) is 13.8 Å². The molecule has 0 unspecified atom stereocenters. The van der Waals surface area contributed by atoms with E-state index in [1.165, 1.54) is 0 Å². The molecule has 0 amide bonds. The summed E-state index contributed by atoms with van der Waals surface area (Å²) in [5.41, 5.74) is 10.6. The van der Waals surface area contributed by atoms with Crippen LogP contribution in [0.3, 0.4) is 0 Å². The zero-order valence-corrected chi connectivity index (χ0v) is 9.49. The maximum Gasteiger partial charge on any atom is 0.118 e. The number of rotatable bonds is 1. The second kappa shape index (κ2) is 3.89. The fourth-order valence-corrected chi connectivity index (χ4v) is 1.77. The summed E-state index contributed by atoms with van der Waals surface area (Å²) < 4.78 is 0. The van der Waals surface area contributed by atoms with Crippen LogP contribution in [0.1, 0.15) is 11.1 Å². The lowest BCUT2D eigenvalue weighted by molar-refractivity contribution is 0.471. The summed E-state index contributed by atoms with van der Waals surface area (Å²) in [6, 6.07) is 11.5. The third-order valence-corrected chi connectivity index (χ3v) is 2.76. The number of hydrogen-bond acceptors (Lipinski definition) is 2. The minimum absolute atomic E-state index is 0.344. The minimum atomic E-state index is 0.344. The molecular formula is C14H15NO. The highest BCUT2D eigenvalue weighted by Gasteiger charge is 2.05. The highest BCUT2D eigenvalue weighted by molar-refractivity contribution is 5.70. The first-order valence-electron chi connectivity index (χ1n) is 5.24. The van der Waals surface area contributed by atoms with E-state index in [-0.39, 0.29) is 0 Å². The van der Waals surface area contributed by atoms with E-state index < -0.39 is 0 Å². The Hall–Kier alpha value is -1.96. The average Bonchev–Trinajstić information content (AvgIpc) is 2.25. The van der Waals surface area contributed by atoms with Crippen LogP contribution in [0.2, 0.25) is 0 Å². The lowest BCUT2D eigenvalue weighted by Crippen LogP contribution is -1.88. The summed E-state index contributed by atoms with van der Waals surface area (Å²) in [5, 5.41) is 9.60. The number of hydrogen-bond donors (Lipinski definition) is 2. The van der Waals surface area contributed by atoms with Gasteiger partial charge in [0.25, 0.3) is 0 Å². The molecule has 0 heterocycles. The van der Waals surface area contributed by atoms with Crippen molar-refractivity contribution in [3.8, 4) is 16.9 Å². The monoisotopic (exact) mass is 213 g/mol. The van der Waals surface area contributed by atoms with Crippen LogP contribution in [0.5, 0.6) is 5.75 Å². The number of anilines is 1. The van der Waals surface area contributed by atoms with Crippen LogP contribution >= 0.6 is 0 Å². The summed E-state index contributed by atoms with van der Waals surface area (Å²) in [5.74, 6) is 0.344. The molecule has 2 aromatic carbocycles. The molecule has 16 heavy (non-hydrogen) atoms. The molecule has 2 nitrogen and oxygen atoms in total. The molecule has 82 valence electrons. The van der Waals surface area contributed by atoms with Crippen LogP contribution in [0.25, 0.3) is 11.1 Å². The van der Waals surface area contributed by atoms with Crippen molar-refractivity contribution in [3.63, 3.8) is 0 Å². The van der Waals surface area contributed by atoms with Crippen molar-refractivity contribution in [3.05, 3.63) is 47.5 Å². The summed E-state index contributed by atoms with van der Waals surface area (Å²) in [4.78, 5) is 0. The Morgan fingerprint density at radius 1 is 0.938 bits per heavy atom. The normalized spacial score (nSPS) is 10.4. The van der Waals surface area contributed by atoms with Gasteiger partial charge >= 0.3 is 0 Å². The largest absolute Gasteiger partial charge is 0.508 e. The number of aromatic hydroxyl groups is 1. The molecule has 2 rings (SSSR count). The van der Waals surface area contributed by atoms with E-state index in [4.69, 9.17) is 5.73 Å². The van der Waals surface area contributed by atoms with Crippen LogP contribution < -0.4 is 5.73 Å². The Kier molecular flexibility index (Phi) is 2.57. The quantitative estimate of drug-likeness (QED) is 0.714. The molecule has 0 aliphatic carbocycles. The van der Waals surface area contributed by atoms with E-state index in [1.54, 1.807) is 6.07 Å². The molecule has 2 aromatic rings. The van der Waals surface area contributed by atoms with Gasteiger partial charge in [-0.2, -0.15) is 0 Å². The number of phenolic OH excluding ortho intramolecular Hbond substituents is 1. The summed E-state index contributed by atoms with van der Waals surface area (Å²) >= 11 is 0. The Bertz CT molecular complexity index is 515. The number of nitrogen functional groups attached to an aromatic ring is 1. The van der Waals surface area contributed by atoms with Gasteiger partial charge in [-0.05, 0) is 60.4 Å². The Morgan fingerprint density at radius 2 is 1.56 bits per heavy atom. The average molecular weight is 213 g/mol. The molecule has 0 spiro atoms. The van der Waals surface area contributed by atoms with E-state index in [0.29, 0.717) is 5.75 Å². The van der Waals surface area contributed by atoms with E-state index >= 15 is 0 Å². The second-order valence-corrected chi connectivity index (χ2v) is 4.08. The van der Waals surface area contributed by atoms with Crippen LogP contribution in [-0.2, 0) is 0 Å². The Labute approximate surface area is 95.4 Å². The minimum Gasteiger partial charge on any atom is -0.508 e. The van der Waals surface area contributed by atoms with Crippen molar-refractivity contribution in [2.45, 2.75) is 13.8 Å². The van der Waals surface area contributed by atoms with E-state index in [1.807, 2.05) is 44.2 Å². The van der Waals surface area contributed by atoms with Crippen molar-refractivity contribution in [1.29, 1.82) is 0 Å². The number of aryl methyl sites for hydroxylation is 2. The SMILES string of the molecule is Cc1cc(-c2ccc(N)cc2)c(C)cc1O. The van der Waals surface area contributed by atoms with Gasteiger partial charge in [0.1, 0.15) is 5.75 Å². The highest BCUT2D eigenvalue weighted by atomic mass is 16.3. The second-order valence-electron chi connectivity index (χ2n) is 4.08. The highest BCUT2D eigenvalue weighted by Crippen LogP contribution is 2.29. The molecule has 0 aliphatic heterocycles. The predicted octanol–water partition coefficient (Wildman–Crippen LogP) is 3.26. The van der Waals surface area contributed by atoms with Gasteiger partial charge in [-0.1, -0.05) is 12.1 Å². The molecule has 2 heteroatoms. The van der Waals surface area contributed by atoms with E-state index in [2.05, 4.69) is 0 Å². The third kappa shape index (κ3) is 1.87. The van der Waals surface area contributed by atoms with Gasteiger partial charge in [-0.25, -0.2) is 0 Å². The maximum absolute atomic E-state index is 9.60. The van der Waals surface area contributed by atoms with Crippen LogP contribution in [0.15, 0.2) is 36.4 Å². The van der Waals surface area contributed by atoms with Crippen LogP contribution in [0.4, 0.5) is 5.69 Å². The van der Waals surface area contributed by atoms with Crippen molar-refractivity contribution < 1.29 is 5.11 Å². The number of phenols is 1. The zero-order valence-electron chi connectivity index (χ0n) is 9.49. The standard InChI is InChI=1S/C14H15NO/c1-9-8-14(16)10(2)7-13(9)11-3-5-12(15)6-4-11/h3-8,16H,15H2,1-2H3. The van der Waals surface area contributed by atoms with Gasteiger partial charge in [0.2, 0.25) is 0 Å². The lowest BCUT2D eigenvalue weighted by atomic mass is 9.98. The topological polar surface area (TPSA) is 46.2 Å². The van der Waals surface area contributed by atoms with Crippen molar-refractivity contribution in [1.82, 2.24) is 0 Å². The Balaban J connectivity index is 2.56. The molecule has 0 saturated heterocycles. The first kappa shape index (κ1) is 10.6. The van der Waals surface area contributed by atoms with Gasteiger partial charge in [0.05, 0.1) is 0 Å². The van der Waals surface area contributed by atoms with Crippen molar-refractivity contribution in [2.75, 3.05) is 5.73 Å². The number of benzene rings is 2. The van der Waals surface area contributed by atoms with Gasteiger partial charge in [0.15, 0.2) is 0 Å². The van der Waals surface area contributed by atoms with E-state index in [9.17, 15) is 5.11 Å². The lowest BCUT2D eigenvalue weighted by Gasteiger charge is -2.09. The zero-order chi connectivity index (χ0) is 11.7. The van der Waals surface area contributed by atoms with Gasteiger partial charge < -0.3 is 10.8 Å². The molecule has 0 atom stereocenters. The molecular weight excluding hydrogens is 198 g/mol. The van der Waals surface area contributed by atoms with Gasteiger partial charge in [-0.3, -0.25) is 0 Å². The first-order valence-corrected chi connectivity index (χ1v) is 5.24. The predicted molar refractivity (Wildman–Crippen MR) is 67.4 cm³/mol. The smallest absolute Gasteiger partial charge is 0.118 e. The van der Waals surface area contributed by atoms with Crippen LogP contribution in [-0.4, -0.2) is 5.11 Å². The summed E-state index contributed by atoms with van der Waals surface area (Å²) in [6.45, 7) is 3.89. The Morgan fingerprint density at radius 3 is 2.19 bits per heavy atom.